The van der Waals surface area contributed by atoms with Crippen LogP contribution >= 0.6 is 0 Å². The summed E-state index contributed by atoms with van der Waals surface area (Å²) in [7, 11) is -2.02. The van der Waals surface area contributed by atoms with Crippen molar-refractivity contribution < 1.29 is 27.4 Å². The Bertz CT molecular complexity index is 1710. The Hall–Kier alpha value is -4.62. The van der Waals surface area contributed by atoms with Crippen LogP contribution in [-0.4, -0.2) is 33.9 Å². The normalized spacial score (nSPS) is 11.2. The Morgan fingerprint density at radius 3 is 2.08 bits per heavy atom. The highest BCUT2D eigenvalue weighted by atomic mass is 32.2. The maximum absolute atomic E-state index is 13.2. The molecule has 5 aromatic carbocycles. The molecule has 7 heteroatoms. The molecule has 40 heavy (non-hydrogen) atoms. The van der Waals surface area contributed by atoms with Gasteiger partial charge in [-0.15, -0.1) is 0 Å². The van der Waals surface area contributed by atoms with E-state index >= 15 is 0 Å². The molecule has 0 aliphatic rings. The lowest BCUT2D eigenvalue weighted by Crippen LogP contribution is -2.16. The van der Waals surface area contributed by atoms with Crippen LogP contribution in [0.2, 0.25) is 0 Å². The van der Waals surface area contributed by atoms with Gasteiger partial charge in [0.1, 0.15) is 30.3 Å². The van der Waals surface area contributed by atoms with E-state index in [-0.39, 0.29) is 35.2 Å². The number of esters is 1. The molecule has 0 spiro atoms. The van der Waals surface area contributed by atoms with Crippen molar-refractivity contribution in [3.8, 4) is 22.6 Å². The van der Waals surface area contributed by atoms with Gasteiger partial charge in [-0.3, -0.25) is 0 Å². The van der Waals surface area contributed by atoms with E-state index in [2.05, 4.69) is 0 Å². The number of carbonyl (C=O) groups is 1. The number of carbonyl (C=O) groups excluding carboxylic acids is 1. The highest BCUT2D eigenvalue weighted by molar-refractivity contribution is 7.91. The molecule has 5 aromatic rings. The Labute approximate surface area is 233 Å². The third-order valence-electron chi connectivity index (χ3n) is 6.55. The predicted octanol–water partition coefficient (Wildman–Crippen LogP) is 6.73. The fourth-order valence-corrected chi connectivity index (χ4v) is 5.48. The summed E-state index contributed by atoms with van der Waals surface area (Å²) in [5.74, 6) is 0.247. The van der Waals surface area contributed by atoms with Crippen LogP contribution in [0.3, 0.4) is 0 Å². The van der Waals surface area contributed by atoms with Crippen LogP contribution in [0.15, 0.2) is 120 Å². The molecule has 5 rings (SSSR count). The quantitative estimate of drug-likeness (QED) is 0.179. The highest BCUT2D eigenvalue weighted by Gasteiger charge is 2.20. The van der Waals surface area contributed by atoms with Gasteiger partial charge in [-0.2, -0.15) is 0 Å². The molecule has 6 nitrogen and oxygen atoms in total. The van der Waals surface area contributed by atoms with Gasteiger partial charge in [0, 0.05) is 0 Å². The Kier molecular flexibility index (Phi) is 8.12. The smallest absolute Gasteiger partial charge is 0.342 e. The summed E-state index contributed by atoms with van der Waals surface area (Å²) in [6, 6.07) is 34.7. The minimum Gasteiger partial charge on any atom is -0.497 e. The molecule has 0 aliphatic heterocycles. The number of ether oxygens (including phenoxy) is 3. The van der Waals surface area contributed by atoms with Crippen molar-refractivity contribution in [2.75, 3.05) is 19.5 Å². The second-order valence-corrected chi connectivity index (χ2v) is 11.3. The molecule has 0 saturated carbocycles. The Balaban J connectivity index is 1.29. The summed E-state index contributed by atoms with van der Waals surface area (Å²) in [6.45, 7) is -0.0108. The molecule has 0 heterocycles. The van der Waals surface area contributed by atoms with Crippen molar-refractivity contribution in [2.45, 2.75) is 11.5 Å². The van der Waals surface area contributed by atoms with Gasteiger partial charge in [0.05, 0.1) is 17.8 Å². The minimum absolute atomic E-state index is 0.114. The van der Waals surface area contributed by atoms with Gasteiger partial charge >= 0.3 is 5.97 Å². The van der Waals surface area contributed by atoms with Crippen LogP contribution in [0, 0.1) is 0 Å². The number of rotatable bonds is 10. The number of hydrogen-bond acceptors (Lipinski definition) is 6. The highest BCUT2D eigenvalue weighted by Crippen LogP contribution is 2.30. The number of sulfone groups is 1. The molecular formula is C33H28O6S. The van der Waals surface area contributed by atoms with Gasteiger partial charge in [-0.25, -0.2) is 13.2 Å². The zero-order valence-corrected chi connectivity index (χ0v) is 22.8. The largest absolute Gasteiger partial charge is 0.497 e. The molecule has 0 aliphatic carbocycles. The minimum atomic E-state index is -3.62. The van der Waals surface area contributed by atoms with Gasteiger partial charge < -0.3 is 14.2 Å². The first-order chi connectivity index (χ1) is 19.4. The summed E-state index contributed by atoms with van der Waals surface area (Å²) in [5, 5.41) is 1.53. The zero-order chi connectivity index (χ0) is 28.0. The van der Waals surface area contributed by atoms with Crippen molar-refractivity contribution in [1.82, 2.24) is 0 Å². The van der Waals surface area contributed by atoms with Gasteiger partial charge in [-0.1, -0.05) is 84.9 Å². The molecule has 0 saturated heterocycles. The maximum atomic E-state index is 13.2. The molecule has 0 bridgehead atoms. The van der Waals surface area contributed by atoms with E-state index in [0.29, 0.717) is 5.39 Å². The van der Waals surface area contributed by atoms with Crippen LogP contribution in [0.4, 0.5) is 0 Å². The van der Waals surface area contributed by atoms with Crippen LogP contribution in [-0.2, 0) is 21.2 Å². The first-order valence-electron chi connectivity index (χ1n) is 12.8. The standard InChI is InChI=1S/C33H28O6S/c1-37-28-16-11-25(12-17-28)26-13-18-29(19-14-26)40(35,36)22-21-38-31-20-15-27-9-5-6-10-30(27)32(31)33(34)39-23-24-7-3-2-4-8-24/h2-20H,21-23H2,1H3. The summed E-state index contributed by atoms with van der Waals surface area (Å²) >= 11 is 0. The third kappa shape index (κ3) is 6.16. The van der Waals surface area contributed by atoms with Crippen LogP contribution in [0.25, 0.3) is 21.9 Å². The maximum Gasteiger partial charge on any atom is 0.342 e. The first-order valence-corrected chi connectivity index (χ1v) is 14.4. The van der Waals surface area contributed by atoms with E-state index in [1.807, 2.05) is 84.9 Å². The molecular weight excluding hydrogens is 524 g/mol. The van der Waals surface area contributed by atoms with Gasteiger partial charge in [-0.05, 0) is 57.8 Å². The van der Waals surface area contributed by atoms with Crippen LogP contribution in [0.1, 0.15) is 15.9 Å². The second-order valence-electron chi connectivity index (χ2n) is 9.14. The van der Waals surface area contributed by atoms with Gasteiger partial charge in [0.25, 0.3) is 0 Å². The molecule has 202 valence electrons. The average Bonchev–Trinajstić information content (AvgIpc) is 3.00. The summed E-state index contributed by atoms with van der Waals surface area (Å²) in [6.07, 6.45) is 0. The number of benzene rings is 5. The van der Waals surface area contributed by atoms with Crippen molar-refractivity contribution in [1.29, 1.82) is 0 Å². The number of hydrogen-bond donors (Lipinski definition) is 0. The van der Waals surface area contributed by atoms with E-state index in [1.54, 1.807) is 37.4 Å². The number of methoxy groups -OCH3 is 1. The lowest BCUT2D eigenvalue weighted by molar-refractivity contribution is 0.0471. The fourth-order valence-electron chi connectivity index (χ4n) is 4.40. The van der Waals surface area contributed by atoms with E-state index < -0.39 is 15.8 Å². The van der Waals surface area contributed by atoms with E-state index in [0.717, 1.165) is 27.8 Å². The molecule has 0 N–H and O–H groups in total. The van der Waals surface area contributed by atoms with E-state index in [4.69, 9.17) is 14.2 Å². The third-order valence-corrected chi connectivity index (χ3v) is 8.25. The van der Waals surface area contributed by atoms with Crippen molar-refractivity contribution >= 4 is 26.6 Å². The lowest BCUT2D eigenvalue weighted by Gasteiger charge is -2.14. The Morgan fingerprint density at radius 2 is 1.38 bits per heavy atom. The predicted molar refractivity (Wildman–Crippen MR) is 155 cm³/mol. The summed E-state index contributed by atoms with van der Waals surface area (Å²) < 4.78 is 42.8. The van der Waals surface area contributed by atoms with Gasteiger partial charge in [0.2, 0.25) is 0 Å². The monoisotopic (exact) mass is 552 g/mol. The number of fused-ring (bicyclic) bond motifs is 1. The summed E-state index contributed by atoms with van der Waals surface area (Å²) in [4.78, 5) is 13.4. The molecule has 0 amide bonds. The van der Waals surface area contributed by atoms with Crippen molar-refractivity contribution in [3.63, 3.8) is 0 Å². The lowest BCUT2D eigenvalue weighted by atomic mass is 10.0. The molecule has 0 radical (unpaired) electrons. The van der Waals surface area contributed by atoms with E-state index in [9.17, 15) is 13.2 Å². The first kappa shape index (κ1) is 27.0. The SMILES string of the molecule is COc1ccc(-c2ccc(S(=O)(=O)CCOc3ccc4ccccc4c3C(=O)OCc3ccccc3)cc2)cc1. The summed E-state index contributed by atoms with van der Waals surface area (Å²) in [5.41, 5.74) is 2.99. The fraction of sp³-hybridized carbons (Fsp3) is 0.121. The average molecular weight is 553 g/mol. The Morgan fingerprint density at radius 1 is 0.725 bits per heavy atom. The molecule has 0 atom stereocenters. The van der Waals surface area contributed by atoms with E-state index in [1.165, 1.54) is 0 Å². The zero-order valence-electron chi connectivity index (χ0n) is 21.9. The van der Waals surface area contributed by atoms with Crippen LogP contribution < -0.4 is 9.47 Å². The second kappa shape index (κ2) is 12.1. The van der Waals surface area contributed by atoms with Crippen molar-refractivity contribution in [2.24, 2.45) is 0 Å². The van der Waals surface area contributed by atoms with Crippen molar-refractivity contribution in [3.05, 3.63) is 126 Å². The van der Waals surface area contributed by atoms with Crippen LogP contribution in [0.5, 0.6) is 11.5 Å². The molecule has 0 aromatic heterocycles. The topological polar surface area (TPSA) is 78.9 Å². The molecule has 0 unspecified atom stereocenters. The molecule has 0 fully saturated rings. The van der Waals surface area contributed by atoms with Gasteiger partial charge in [0.15, 0.2) is 9.84 Å².